The molecular formula is C20H36N2O5S2. The number of aliphatic hydroxyl groups is 3. The Kier molecular flexibility index (Phi) is 8.36. The van der Waals surface area contributed by atoms with Gasteiger partial charge < -0.3 is 29.5 Å². The van der Waals surface area contributed by atoms with Crippen molar-refractivity contribution >= 4 is 23.1 Å². The zero-order valence-corrected chi connectivity index (χ0v) is 19.2. The van der Waals surface area contributed by atoms with E-state index in [1.165, 1.54) is 24.6 Å². The normalized spacial score (nSPS) is 41.8. The summed E-state index contributed by atoms with van der Waals surface area (Å²) in [7, 11) is 0. The van der Waals surface area contributed by atoms with Crippen molar-refractivity contribution in [2.45, 2.75) is 92.3 Å². The fourth-order valence-electron chi connectivity index (χ4n) is 3.99. The van der Waals surface area contributed by atoms with Gasteiger partial charge in [-0.25, -0.2) is 0 Å². The minimum Gasteiger partial charge on any atom is -0.598 e. The van der Waals surface area contributed by atoms with E-state index in [9.17, 15) is 19.9 Å². The van der Waals surface area contributed by atoms with Crippen LogP contribution in [-0.4, -0.2) is 90.3 Å². The fourth-order valence-corrected chi connectivity index (χ4v) is 6.26. The van der Waals surface area contributed by atoms with Gasteiger partial charge >= 0.3 is 0 Å². The second-order valence-corrected chi connectivity index (χ2v) is 12.7. The molecule has 2 saturated heterocycles. The van der Waals surface area contributed by atoms with E-state index in [0.29, 0.717) is 6.42 Å². The molecule has 7 nitrogen and oxygen atoms in total. The lowest BCUT2D eigenvalue weighted by atomic mass is 9.93. The van der Waals surface area contributed by atoms with Gasteiger partial charge in [0.25, 0.3) is 0 Å². The third-order valence-electron chi connectivity index (χ3n) is 5.76. The zero-order valence-electron chi connectivity index (χ0n) is 17.6. The van der Waals surface area contributed by atoms with Crippen LogP contribution in [0, 0.1) is 0 Å². The van der Waals surface area contributed by atoms with Crippen molar-refractivity contribution in [3.8, 4) is 0 Å². The highest BCUT2D eigenvalue weighted by Crippen LogP contribution is 2.35. The Bertz CT molecular complexity index is 555. The second-order valence-electron chi connectivity index (χ2n) is 9.25. The van der Waals surface area contributed by atoms with Gasteiger partial charge in [0.1, 0.15) is 34.6 Å². The van der Waals surface area contributed by atoms with Crippen LogP contribution in [0.15, 0.2) is 12.2 Å². The molecule has 2 bridgehead atoms. The molecule has 0 radical (unpaired) electrons. The molecule has 6 unspecified atom stereocenters. The summed E-state index contributed by atoms with van der Waals surface area (Å²) in [6.45, 7) is 8.76. The van der Waals surface area contributed by atoms with Gasteiger partial charge in [-0.15, -0.1) is 16.5 Å². The molecule has 4 N–H and O–H groups in total. The van der Waals surface area contributed by atoms with Crippen molar-refractivity contribution in [1.82, 2.24) is 9.62 Å². The monoisotopic (exact) mass is 448 g/mol. The Labute approximate surface area is 181 Å². The van der Waals surface area contributed by atoms with Gasteiger partial charge in [0.05, 0.1) is 6.04 Å². The van der Waals surface area contributed by atoms with Crippen LogP contribution in [0.2, 0.25) is 0 Å². The maximum atomic E-state index is 12.7. The first-order valence-electron chi connectivity index (χ1n) is 10.6. The second kappa shape index (κ2) is 10.2. The van der Waals surface area contributed by atoms with Crippen molar-refractivity contribution < 1.29 is 24.6 Å². The molecule has 3 aliphatic rings. The summed E-state index contributed by atoms with van der Waals surface area (Å²) in [6.07, 6.45) is 3.53. The summed E-state index contributed by atoms with van der Waals surface area (Å²) in [5.41, 5.74) is -0.634. The Morgan fingerprint density at radius 3 is 2.41 bits per heavy atom. The molecule has 0 spiro atoms. The molecule has 29 heavy (non-hydrogen) atoms. The zero-order chi connectivity index (χ0) is 21.2. The van der Waals surface area contributed by atoms with Crippen LogP contribution in [0.4, 0.5) is 0 Å². The highest BCUT2D eigenvalue weighted by atomic mass is 32.2. The predicted molar refractivity (Wildman–Crippen MR) is 117 cm³/mol. The molecule has 0 aromatic carbocycles. The number of thioether (sulfide) groups is 1. The number of fused-ring (bicyclic) bond motifs is 2. The molecular weight excluding hydrogens is 412 g/mol. The van der Waals surface area contributed by atoms with Crippen molar-refractivity contribution in [3.63, 3.8) is 0 Å². The van der Waals surface area contributed by atoms with Crippen molar-refractivity contribution in [1.29, 1.82) is 0 Å². The number of ether oxygens (including phenoxy) is 1. The number of allylic oxidation sites excluding steroid dienone is 1. The molecule has 0 aromatic rings. The van der Waals surface area contributed by atoms with Crippen LogP contribution in [-0.2, 0) is 16.1 Å². The molecule has 0 amide bonds. The lowest BCUT2D eigenvalue weighted by molar-refractivity contribution is -0.203. The quantitative estimate of drug-likeness (QED) is 0.369. The molecule has 2 fully saturated rings. The number of rotatable bonds is 4. The summed E-state index contributed by atoms with van der Waals surface area (Å²) < 4.78 is 21.4. The summed E-state index contributed by atoms with van der Waals surface area (Å²) >= 11 is 0.185. The third-order valence-corrected chi connectivity index (χ3v) is 8.77. The first-order valence-corrected chi connectivity index (χ1v) is 12.7. The van der Waals surface area contributed by atoms with Gasteiger partial charge in [-0.05, 0) is 59.5 Å². The van der Waals surface area contributed by atoms with Gasteiger partial charge in [0.2, 0.25) is 0 Å². The largest absolute Gasteiger partial charge is 0.598 e. The van der Waals surface area contributed by atoms with E-state index in [0.717, 1.165) is 26.1 Å². The lowest BCUT2D eigenvalue weighted by Crippen LogP contribution is -2.63. The van der Waals surface area contributed by atoms with Crippen LogP contribution in [0.25, 0.3) is 0 Å². The highest BCUT2D eigenvalue weighted by molar-refractivity contribution is 8.00. The fraction of sp³-hybridized carbons (Fsp3) is 0.900. The molecule has 9 heteroatoms. The lowest BCUT2D eigenvalue weighted by Gasteiger charge is -2.44. The van der Waals surface area contributed by atoms with E-state index in [1.807, 2.05) is 26.8 Å². The predicted octanol–water partition coefficient (Wildman–Crippen LogP) is 0.762. The maximum Gasteiger partial charge on any atom is 0.136 e. The Morgan fingerprint density at radius 2 is 1.76 bits per heavy atom. The standard InChI is InChI=1S/C20H36N2O5S2/c1-20(2,3)29(26)21-14-9-5-4-8-13(12-22-10-6-7-11-22)28-19-17(25)15(23)16(24)18(14)27-19/h4-5,13-19,21,23-25H,6-12H2,1-3H3/b5-4-/t13-,14+,15?,16?,17?,18?,19?,29?/m0/s1. The molecule has 0 aliphatic carbocycles. The Morgan fingerprint density at radius 1 is 1.10 bits per heavy atom. The molecule has 3 rings (SSSR count). The van der Waals surface area contributed by atoms with Crippen LogP contribution < -0.4 is 4.72 Å². The number of hydrogen-bond acceptors (Lipinski definition) is 8. The van der Waals surface area contributed by atoms with Crippen molar-refractivity contribution in [2.24, 2.45) is 0 Å². The number of aliphatic hydroxyl groups excluding tert-OH is 3. The SMILES string of the molecule is CC(C)(C)[S+]([O-])N[C@@H]1C/C=C\C[C@@H](CN2CCCC2)SC2OC1C(O)C(O)C2O. The average molecular weight is 449 g/mol. The van der Waals surface area contributed by atoms with Gasteiger partial charge in [-0.2, -0.15) is 0 Å². The van der Waals surface area contributed by atoms with Crippen LogP contribution in [0.3, 0.4) is 0 Å². The van der Waals surface area contributed by atoms with Crippen molar-refractivity contribution in [2.75, 3.05) is 19.6 Å². The summed E-state index contributed by atoms with van der Waals surface area (Å²) in [5, 5.41) is 31.9. The summed E-state index contributed by atoms with van der Waals surface area (Å²) in [5.74, 6) is 0. The topological polar surface area (TPSA) is 108 Å². The number of likely N-dealkylation sites (tertiary alicyclic amines) is 1. The van der Waals surface area contributed by atoms with Gasteiger partial charge in [0.15, 0.2) is 0 Å². The van der Waals surface area contributed by atoms with Crippen LogP contribution in [0.1, 0.15) is 46.5 Å². The number of nitrogens with zero attached hydrogens (tertiary/aromatic N) is 1. The van der Waals surface area contributed by atoms with E-state index < -0.39 is 52.0 Å². The van der Waals surface area contributed by atoms with Crippen molar-refractivity contribution in [3.05, 3.63) is 12.2 Å². The summed E-state index contributed by atoms with van der Waals surface area (Å²) in [4.78, 5) is 2.44. The van der Waals surface area contributed by atoms with E-state index in [-0.39, 0.29) is 5.25 Å². The van der Waals surface area contributed by atoms with Gasteiger partial charge in [-0.1, -0.05) is 12.2 Å². The van der Waals surface area contributed by atoms with E-state index in [1.54, 1.807) is 0 Å². The number of nitrogens with one attached hydrogen (secondary N) is 1. The van der Waals surface area contributed by atoms with Gasteiger partial charge in [-0.3, -0.25) is 0 Å². The first kappa shape index (κ1) is 23.8. The molecule has 3 aliphatic heterocycles. The highest BCUT2D eigenvalue weighted by Gasteiger charge is 2.48. The molecule has 8 atom stereocenters. The Hall–Kier alpha value is 0.160. The Balaban J connectivity index is 1.77. The van der Waals surface area contributed by atoms with E-state index >= 15 is 0 Å². The van der Waals surface area contributed by atoms with E-state index in [4.69, 9.17) is 4.74 Å². The molecule has 0 aromatic heterocycles. The molecule has 168 valence electrons. The molecule has 0 saturated carbocycles. The first-order chi connectivity index (χ1) is 13.7. The van der Waals surface area contributed by atoms with Gasteiger partial charge in [0, 0.05) is 23.2 Å². The summed E-state index contributed by atoms with van der Waals surface area (Å²) in [6, 6.07) is -0.429. The van der Waals surface area contributed by atoms with E-state index in [2.05, 4.69) is 15.7 Å². The maximum absolute atomic E-state index is 12.7. The minimum atomic E-state index is -1.35. The molecule has 3 heterocycles. The minimum absolute atomic E-state index is 0.236. The average Bonchev–Trinajstić information content (AvgIpc) is 3.16. The van der Waals surface area contributed by atoms with Crippen LogP contribution >= 0.6 is 11.8 Å². The number of hydrogen-bond donors (Lipinski definition) is 4. The smallest absolute Gasteiger partial charge is 0.136 e. The van der Waals surface area contributed by atoms with Crippen LogP contribution in [0.5, 0.6) is 0 Å². The third kappa shape index (κ3) is 6.11.